The van der Waals surface area contributed by atoms with Gasteiger partial charge in [0.15, 0.2) is 0 Å². The number of nitrogens with zero attached hydrogens (tertiary/aromatic N) is 1. The Kier molecular flexibility index (Phi) is 2.20. The Balaban J connectivity index is 2.35. The molecule has 1 aliphatic rings. The monoisotopic (exact) mass is 225 g/mol. The molecule has 0 unspecified atom stereocenters. The van der Waals surface area contributed by atoms with Crippen LogP contribution in [0, 0.1) is 0 Å². The lowest BCUT2D eigenvalue weighted by atomic mass is 10.1. The van der Waals surface area contributed by atoms with Crippen molar-refractivity contribution in [1.29, 1.82) is 0 Å². The van der Waals surface area contributed by atoms with Crippen LogP contribution in [0.3, 0.4) is 0 Å². The van der Waals surface area contributed by atoms with E-state index in [1.54, 1.807) is 0 Å². The van der Waals surface area contributed by atoms with E-state index in [9.17, 15) is 0 Å². The summed E-state index contributed by atoms with van der Waals surface area (Å²) in [6, 6.07) is 6.75. The standard InChI is InChI=1S/C10H12BrN/c1-12-6-9-3-2-8(5-11)4-10(9)7-12/h2-4H,5-7H2,1H3. The number of hydrogen-bond acceptors (Lipinski definition) is 1. The minimum Gasteiger partial charge on any atom is -0.298 e. The molecule has 1 aliphatic heterocycles. The van der Waals surface area contributed by atoms with Crippen LogP contribution in [0.15, 0.2) is 18.2 Å². The van der Waals surface area contributed by atoms with Crippen LogP contribution in [0.2, 0.25) is 0 Å². The SMILES string of the molecule is CN1Cc2ccc(CBr)cc2C1. The van der Waals surface area contributed by atoms with E-state index in [1.165, 1.54) is 16.7 Å². The lowest BCUT2D eigenvalue weighted by molar-refractivity contribution is 0.353. The van der Waals surface area contributed by atoms with Crippen LogP contribution < -0.4 is 0 Å². The Labute approximate surface area is 81.5 Å². The summed E-state index contributed by atoms with van der Waals surface area (Å²) in [4.78, 5) is 2.34. The molecule has 0 atom stereocenters. The Bertz CT molecular complexity index is 296. The molecule has 0 amide bonds. The van der Waals surface area contributed by atoms with Gasteiger partial charge in [0.05, 0.1) is 0 Å². The summed E-state index contributed by atoms with van der Waals surface area (Å²) in [6.07, 6.45) is 0. The number of fused-ring (bicyclic) bond motifs is 1. The Hall–Kier alpha value is -0.340. The molecule has 0 bridgehead atoms. The van der Waals surface area contributed by atoms with Gasteiger partial charge in [-0.05, 0) is 23.7 Å². The number of hydrogen-bond donors (Lipinski definition) is 0. The van der Waals surface area contributed by atoms with Crippen molar-refractivity contribution in [2.45, 2.75) is 18.4 Å². The summed E-state index contributed by atoms with van der Waals surface area (Å²) in [5.74, 6) is 0. The molecule has 0 aromatic heterocycles. The topological polar surface area (TPSA) is 3.24 Å². The second-order valence-corrected chi connectivity index (χ2v) is 3.97. The van der Waals surface area contributed by atoms with Gasteiger partial charge in [0, 0.05) is 18.4 Å². The van der Waals surface area contributed by atoms with Crippen molar-refractivity contribution in [2.75, 3.05) is 7.05 Å². The van der Waals surface area contributed by atoms with Gasteiger partial charge in [-0.1, -0.05) is 34.1 Å². The van der Waals surface area contributed by atoms with Crippen LogP contribution in [0.1, 0.15) is 16.7 Å². The molecule has 2 rings (SSSR count). The molecule has 1 nitrogen and oxygen atoms in total. The van der Waals surface area contributed by atoms with E-state index >= 15 is 0 Å². The maximum absolute atomic E-state index is 3.47. The normalized spacial score (nSPS) is 16.5. The zero-order valence-corrected chi connectivity index (χ0v) is 8.76. The molecule has 2 heteroatoms. The number of halogens is 1. The first-order chi connectivity index (χ1) is 5.79. The maximum atomic E-state index is 3.47. The Morgan fingerprint density at radius 1 is 1.33 bits per heavy atom. The largest absolute Gasteiger partial charge is 0.298 e. The van der Waals surface area contributed by atoms with Gasteiger partial charge in [-0.25, -0.2) is 0 Å². The molecule has 12 heavy (non-hydrogen) atoms. The van der Waals surface area contributed by atoms with Crippen molar-refractivity contribution in [3.63, 3.8) is 0 Å². The van der Waals surface area contributed by atoms with Crippen LogP contribution >= 0.6 is 15.9 Å². The summed E-state index contributed by atoms with van der Waals surface area (Å²) >= 11 is 3.47. The van der Waals surface area contributed by atoms with Crippen LogP contribution in [-0.2, 0) is 18.4 Å². The molecule has 0 saturated heterocycles. The van der Waals surface area contributed by atoms with Crippen molar-refractivity contribution in [1.82, 2.24) is 4.90 Å². The van der Waals surface area contributed by atoms with Crippen molar-refractivity contribution >= 4 is 15.9 Å². The molecule has 0 fully saturated rings. The van der Waals surface area contributed by atoms with Crippen molar-refractivity contribution in [2.24, 2.45) is 0 Å². The Morgan fingerprint density at radius 2 is 2.08 bits per heavy atom. The Morgan fingerprint density at radius 3 is 2.83 bits per heavy atom. The second kappa shape index (κ2) is 3.19. The van der Waals surface area contributed by atoms with E-state index in [2.05, 4.69) is 46.1 Å². The number of alkyl halides is 1. The first-order valence-electron chi connectivity index (χ1n) is 4.15. The second-order valence-electron chi connectivity index (χ2n) is 3.41. The van der Waals surface area contributed by atoms with Gasteiger partial charge in [-0.3, -0.25) is 4.90 Å². The fourth-order valence-electron chi connectivity index (χ4n) is 1.70. The highest BCUT2D eigenvalue weighted by Gasteiger charge is 2.14. The minimum absolute atomic E-state index is 0.962. The summed E-state index contributed by atoms with van der Waals surface area (Å²) in [7, 11) is 2.16. The average molecular weight is 226 g/mol. The van der Waals surface area contributed by atoms with Crippen LogP contribution in [0.5, 0.6) is 0 Å². The molecular formula is C10H12BrN. The highest BCUT2D eigenvalue weighted by Crippen LogP contribution is 2.22. The lowest BCUT2D eigenvalue weighted by Crippen LogP contribution is -2.07. The third-order valence-corrected chi connectivity index (χ3v) is 2.95. The zero-order chi connectivity index (χ0) is 8.55. The third kappa shape index (κ3) is 1.41. The number of benzene rings is 1. The quantitative estimate of drug-likeness (QED) is 0.665. The first-order valence-corrected chi connectivity index (χ1v) is 5.27. The molecule has 1 aromatic rings. The molecular weight excluding hydrogens is 214 g/mol. The summed E-state index contributed by atoms with van der Waals surface area (Å²) in [5.41, 5.74) is 4.36. The van der Waals surface area contributed by atoms with Gasteiger partial charge >= 0.3 is 0 Å². The molecule has 1 heterocycles. The van der Waals surface area contributed by atoms with E-state index < -0.39 is 0 Å². The van der Waals surface area contributed by atoms with Crippen LogP contribution in [-0.4, -0.2) is 11.9 Å². The zero-order valence-electron chi connectivity index (χ0n) is 7.18. The maximum Gasteiger partial charge on any atom is 0.0283 e. The molecule has 0 radical (unpaired) electrons. The van der Waals surface area contributed by atoms with E-state index in [1.807, 2.05) is 0 Å². The highest BCUT2D eigenvalue weighted by molar-refractivity contribution is 9.08. The highest BCUT2D eigenvalue weighted by atomic mass is 79.9. The average Bonchev–Trinajstić information content (AvgIpc) is 2.43. The lowest BCUT2D eigenvalue weighted by Gasteiger charge is -2.02. The smallest absolute Gasteiger partial charge is 0.0283 e. The summed E-state index contributed by atoms with van der Waals surface area (Å²) in [5, 5.41) is 0.962. The van der Waals surface area contributed by atoms with Crippen LogP contribution in [0.4, 0.5) is 0 Å². The van der Waals surface area contributed by atoms with Gasteiger partial charge < -0.3 is 0 Å². The number of rotatable bonds is 1. The van der Waals surface area contributed by atoms with E-state index in [0.717, 1.165) is 18.4 Å². The van der Waals surface area contributed by atoms with Crippen molar-refractivity contribution in [3.05, 3.63) is 34.9 Å². The molecule has 0 saturated carbocycles. The van der Waals surface area contributed by atoms with Gasteiger partial charge in [-0.2, -0.15) is 0 Å². The van der Waals surface area contributed by atoms with Crippen molar-refractivity contribution < 1.29 is 0 Å². The summed E-state index contributed by atoms with van der Waals surface area (Å²) in [6.45, 7) is 2.22. The minimum atomic E-state index is 0.962. The fourth-order valence-corrected chi connectivity index (χ4v) is 2.05. The molecule has 0 aliphatic carbocycles. The molecule has 0 spiro atoms. The van der Waals surface area contributed by atoms with Crippen LogP contribution in [0.25, 0.3) is 0 Å². The van der Waals surface area contributed by atoms with Gasteiger partial charge in [0.25, 0.3) is 0 Å². The first kappa shape index (κ1) is 8.27. The van der Waals surface area contributed by atoms with Crippen molar-refractivity contribution in [3.8, 4) is 0 Å². The van der Waals surface area contributed by atoms with E-state index in [-0.39, 0.29) is 0 Å². The molecule has 1 aromatic carbocycles. The third-order valence-electron chi connectivity index (χ3n) is 2.31. The molecule has 64 valence electrons. The van der Waals surface area contributed by atoms with E-state index in [4.69, 9.17) is 0 Å². The van der Waals surface area contributed by atoms with Gasteiger partial charge in [0.2, 0.25) is 0 Å². The van der Waals surface area contributed by atoms with Gasteiger partial charge in [-0.15, -0.1) is 0 Å². The molecule has 0 N–H and O–H groups in total. The summed E-state index contributed by atoms with van der Waals surface area (Å²) < 4.78 is 0. The van der Waals surface area contributed by atoms with E-state index in [0.29, 0.717) is 0 Å². The fraction of sp³-hybridized carbons (Fsp3) is 0.400. The predicted molar refractivity (Wildman–Crippen MR) is 54.2 cm³/mol. The van der Waals surface area contributed by atoms with Gasteiger partial charge in [0.1, 0.15) is 0 Å². The predicted octanol–water partition coefficient (Wildman–Crippen LogP) is 2.53.